The maximum atomic E-state index is 15.3. The highest BCUT2D eigenvalue weighted by atomic mass is 32.2. The number of carboxylic acids is 1. The summed E-state index contributed by atoms with van der Waals surface area (Å²) in [7, 11) is 1.47. The highest BCUT2D eigenvalue weighted by Gasteiger charge is 2.53. The Hall–Kier alpha value is -5.85. The first-order valence-corrected chi connectivity index (χ1v) is 18.7. The number of imide groups is 1. The number of amides is 8. The van der Waals surface area contributed by atoms with E-state index in [0.29, 0.717) is 36.1 Å². The van der Waals surface area contributed by atoms with E-state index < -0.39 is 53.0 Å². The van der Waals surface area contributed by atoms with Gasteiger partial charge in [-0.1, -0.05) is 6.07 Å². The predicted molar refractivity (Wildman–Crippen MR) is 193 cm³/mol. The number of halogens is 1. The summed E-state index contributed by atoms with van der Waals surface area (Å²) in [6.45, 7) is -0.0705. The van der Waals surface area contributed by atoms with Crippen molar-refractivity contribution in [3.63, 3.8) is 0 Å². The van der Waals surface area contributed by atoms with Crippen molar-refractivity contribution >= 4 is 64.4 Å². The lowest BCUT2D eigenvalue weighted by atomic mass is 9.95. The Balaban J connectivity index is 0.939. The normalized spacial score (nSPS) is 23.1. The third-order valence-corrected chi connectivity index (χ3v) is 11.8. The zero-order chi connectivity index (χ0) is 39.0. The quantitative estimate of drug-likeness (QED) is 0.0666. The molecule has 3 unspecified atom stereocenters. The first-order valence-electron chi connectivity index (χ1n) is 17.7. The lowest BCUT2D eigenvalue weighted by Gasteiger charge is -2.29. The van der Waals surface area contributed by atoms with Crippen LogP contribution in [0.5, 0.6) is 5.75 Å². The fourth-order valence-corrected chi connectivity index (χ4v) is 8.89. The number of carbonyl (C=O) groups is 7. The second-order valence-electron chi connectivity index (χ2n) is 13.8. The van der Waals surface area contributed by atoms with Crippen LogP contribution in [-0.2, 0) is 26.5 Å². The number of furan rings is 1. The summed E-state index contributed by atoms with van der Waals surface area (Å²) in [5.74, 6) is -3.28. The van der Waals surface area contributed by atoms with Gasteiger partial charge < -0.3 is 45.7 Å². The number of thioether (sulfide) groups is 1. The summed E-state index contributed by atoms with van der Waals surface area (Å²) < 4.78 is 26.4. The topological polar surface area (TPSA) is 238 Å². The van der Waals surface area contributed by atoms with E-state index in [1.165, 1.54) is 24.1 Å². The minimum Gasteiger partial charge on any atom is -0.497 e. The van der Waals surface area contributed by atoms with Crippen LogP contribution in [0.25, 0.3) is 11.0 Å². The van der Waals surface area contributed by atoms with Gasteiger partial charge in [0, 0.05) is 47.5 Å². The number of unbranched alkanes of at least 4 members (excludes halogenated alkanes) is 1. The Labute approximate surface area is 316 Å². The highest BCUT2D eigenvalue weighted by Crippen LogP contribution is 2.36. The number of carbonyl (C=O) groups excluding carboxylic acids is 6. The van der Waals surface area contributed by atoms with E-state index in [0.717, 1.165) is 11.8 Å². The molecule has 5 atom stereocenters. The summed E-state index contributed by atoms with van der Waals surface area (Å²) in [4.78, 5) is 89.4. The van der Waals surface area contributed by atoms with Gasteiger partial charge in [-0.15, -0.1) is 0 Å². The number of carboxylic acid groups (broad SMARTS) is 1. The monoisotopic (exact) mass is 779 g/mol. The molecule has 0 aliphatic carbocycles. The van der Waals surface area contributed by atoms with Gasteiger partial charge in [0.2, 0.25) is 5.91 Å². The summed E-state index contributed by atoms with van der Waals surface area (Å²) >= 11 is 1.66. The number of methoxy groups -OCH3 is 1. The average Bonchev–Trinajstić information content (AvgIpc) is 3.95. The Morgan fingerprint density at radius 2 is 1.93 bits per heavy atom. The molecule has 290 valence electrons. The number of aliphatic carboxylic acids is 1. The Kier molecular flexibility index (Phi) is 10.3. The average molecular weight is 780 g/mol. The molecule has 7 rings (SSSR count). The Bertz CT molecular complexity index is 2110. The van der Waals surface area contributed by atoms with Crippen LogP contribution >= 0.6 is 11.8 Å². The number of benzene rings is 2. The van der Waals surface area contributed by atoms with Crippen molar-refractivity contribution in [1.29, 1.82) is 0 Å². The van der Waals surface area contributed by atoms with E-state index in [2.05, 4.69) is 31.9 Å². The van der Waals surface area contributed by atoms with Gasteiger partial charge in [-0.25, -0.2) is 18.8 Å². The largest absolute Gasteiger partial charge is 0.497 e. The Morgan fingerprint density at radius 1 is 1.11 bits per heavy atom. The van der Waals surface area contributed by atoms with Crippen LogP contribution in [0.4, 0.5) is 14.0 Å². The molecule has 2 aromatic carbocycles. The molecule has 3 fully saturated rings. The summed E-state index contributed by atoms with van der Waals surface area (Å²) in [6, 6.07) is 6.45. The molecule has 55 heavy (non-hydrogen) atoms. The first-order chi connectivity index (χ1) is 26.3. The van der Waals surface area contributed by atoms with Crippen molar-refractivity contribution in [2.24, 2.45) is 0 Å². The number of ether oxygens (including phenoxy) is 1. The summed E-state index contributed by atoms with van der Waals surface area (Å²) in [5.41, 5.74) is -1.09. The molecule has 17 nitrogen and oxygen atoms in total. The fourth-order valence-electron chi connectivity index (χ4n) is 7.39. The van der Waals surface area contributed by atoms with Gasteiger partial charge in [-0.2, -0.15) is 11.8 Å². The number of nitrogens with one attached hydrogen (secondary N) is 6. The molecule has 1 aromatic heterocycles. The number of hydrogen-bond donors (Lipinski definition) is 7. The lowest BCUT2D eigenvalue weighted by Crippen LogP contribution is -2.52. The van der Waals surface area contributed by atoms with Crippen LogP contribution < -0.4 is 36.6 Å². The van der Waals surface area contributed by atoms with Gasteiger partial charge >= 0.3 is 18.0 Å². The molecule has 5 heterocycles. The molecule has 7 N–H and O–H groups in total. The molecule has 19 heteroatoms. The van der Waals surface area contributed by atoms with Crippen molar-refractivity contribution in [1.82, 2.24) is 36.8 Å². The maximum absolute atomic E-state index is 15.3. The van der Waals surface area contributed by atoms with Crippen molar-refractivity contribution in [2.75, 3.05) is 26.0 Å². The van der Waals surface area contributed by atoms with Crippen LogP contribution in [0.15, 0.2) is 40.8 Å². The summed E-state index contributed by atoms with van der Waals surface area (Å²) in [6.07, 6.45) is 1.36. The molecule has 0 saturated carbocycles. The van der Waals surface area contributed by atoms with Crippen molar-refractivity contribution < 1.29 is 52.2 Å². The zero-order valence-electron chi connectivity index (χ0n) is 29.5. The molecule has 0 spiro atoms. The number of urea groups is 2. The smallest absolute Gasteiger partial charge is 0.326 e. The number of hydrogen-bond acceptors (Lipinski definition) is 10. The van der Waals surface area contributed by atoms with Crippen molar-refractivity contribution in [2.45, 2.75) is 67.6 Å². The summed E-state index contributed by atoms with van der Waals surface area (Å²) in [5, 5.41) is 25.6. The fraction of sp³-hybridized carbons (Fsp3) is 0.417. The highest BCUT2D eigenvalue weighted by molar-refractivity contribution is 8.00. The maximum Gasteiger partial charge on any atom is 0.326 e. The minimum atomic E-state index is -1.85. The van der Waals surface area contributed by atoms with Crippen LogP contribution in [0.1, 0.15) is 64.1 Å². The van der Waals surface area contributed by atoms with E-state index in [9.17, 15) is 38.7 Å². The minimum absolute atomic E-state index is 0.00610. The Morgan fingerprint density at radius 3 is 2.67 bits per heavy atom. The standard InChI is InChI=1S/C36H38FN7O10S/c1-53-19-6-5-17-14-44(31(47)20(17)12-19)16-36(33(50)42-35(52)43-36)27-11-18-10-21(22(37)13-25(18)54-27)30(46)38-9-3-2-4-23(32(48)49)39-28(45)8-7-26-29-24(15-55-26)40-34(51)41-29/h5-6,10-13,23-24,26,29H,2-4,7-9,14-16H2,1H3,(H,38,46)(H,39,45)(H,48,49)(H2,40,41,51)(H2,42,43,50,52)/t23-,24?,26?,29?,36-/m0/s1. The van der Waals surface area contributed by atoms with E-state index in [-0.39, 0.29) is 78.1 Å². The predicted octanol–water partition coefficient (Wildman–Crippen LogP) is 1.69. The van der Waals surface area contributed by atoms with Gasteiger partial charge in [0.15, 0.2) is 5.54 Å². The van der Waals surface area contributed by atoms with Gasteiger partial charge in [0.25, 0.3) is 17.7 Å². The SMILES string of the molecule is COc1ccc2c(c1)C(=O)N(C[C@@]1(c3cc4cc(C(=O)NCCCC[C@H](NC(=O)CCC5SCC6NC(=O)NC65)C(=O)O)c(F)cc4o3)NC(=O)NC1=O)C2. The molecule has 3 saturated heterocycles. The van der Waals surface area contributed by atoms with E-state index in [1.807, 2.05) is 0 Å². The van der Waals surface area contributed by atoms with Crippen LogP contribution in [0.3, 0.4) is 0 Å². The van der Waals surface area contributed by atoms with Gasteiger partial charge in [0.1, 0.15) is 29.0 Å². The molecule has 0 bridgehead atoms. The first kappa shape index (κ1) is 37.5. The second kappa shape index (κ2) is 15.1. The number of rotatable bonds is 15. The van der Waals surface area contributed by atoms with E-state index in [4.69, 9.17) is 9.15 Å². The third-order valence-electron chi connectivity index (χ3n) is 10.3. The molecule has 8 amide bonds. The molecule has 4 aliphatic heterocycles. The number of nitrogens with zero attached hydrogens (tertiary/aromatic N) is 1. The second-order valence-corrected chi connectivity index (χ2v) is 15.1. The van der Waals surface area contributed by atoms with E-state index >= 15 is 4.39 Å². The van der Waals surface area contributed by atoms with Crippen molar-refractivity contribution in [3.8, 4) is 5.75 Å². The third kappa shape index (κ3) is 7.47. The zero-order valence-corrected chi connectivity index (χ0v) is 30.3. The van der Waals surface area contributed by atoms with E-state index in [1.54, 1.807) is 30.0 Å². The molecule has 0 radical (unpaired) electrons. The lowest BCUT2D eigenvalue weighted by molar-refractivity contribution is -0.142. The van der Waals surface area contributed by atoms with Crippen LogP contribution in [0.2, 0.25) is 0 Å². The van der Waals surface area contributed by atoms with Gasteiger partial charge in [-0.05, 0) is 55.5 Å². The van der Waals surface area contributed by atoms with Gasteiger partial charge in [-0.3, -0.25) is 24.5 Å². The van der Waals surface area contributed by atoms with Gasteiger partial charge in [0.05, 0.1) is 31.3 Å². The molecule has 4 aliphatic rings. The molecular formula is C36H38FN7O10S. The number of fused-ring (bicyclic) bond motifs is 3. The molecular weight excluding hydrogens is 742 g/mol. The van der Waals surface area contributed by atoms with Crippen LogP contribution in [0, 0.1) is 5.82 Å². The van der Waals surface area contributed by atoms with Crippen LogP contribution in [-0.4, -0.2) is 101 Å². The molecule has 3 aromatic rings. The van der Waals surface area contributed by atoms with Crippen molar-refractivity contribution in [3.05, 3.63) is 64.7 Å².